The second-order valence-corrected chi connectivity index (χ2v) is 6.70. The van der Waals surface area contributed by atoms with Crippen molar-refractivity contribution >= 4 is 5.82 Å². The molecule has 2 aromatic rings. The van der Waals surface area contributed by atoms with Crippen molar-refractivity contribution < 1.29 is 5.11 Å². The number of anilines is 1. The fraction of sp³-hybridized carbons (Fsp3) is 0.450. The van der Waals surface area contributed by atoms with E-state index in [1.165, 1.54) is 11.1 Å². The highest BCUT2D eigenvalue weighted by Crippen LogP contribution is 2.21. The van der Waals surface area contributed by atoms with Gasteiger partial charge in [0.15, 0.2) is 0 Å². The maximum absolute atomic E-state index is 10.7. The van der Waals surface area contributed by atoms with Crippen molar-refractivity contribution in [3.63, 3.8) is 0 Å². The molecule has 1 fully saturated rings. The maximum atomic E-state index is 10.7. The van der Waals surface area contributed by atoms with Gasteiger partial charge in [-0.1, -0.05) is 29.8 Å². The molecule has 1 aromatic heterocycles. The van der Waals surface area contributed by atoms with Gasteiger partial charge in [-0.25, -0.2) is 4.98 Å². The van der Waals surface area contributed by atoms with Crippen LogP contribution in [-0.4, -0.2) is 47.7 Å². The Labute approximate surface area is 144 Å². The van der Waals surface area contributed by atoms with Crippen molar-refractivity contribution in [2.24, 2.45) is 0 Å². The van der Waals surface area contributed by atoms with E-state index >= 15 is 0 Å². The average molecular weight is 325 g/mol. The number of aromatic nitrogens is 1. The molecule has 4 heteroatoms. The Kier molecular flexibility index (Phi) is 5.48. The number of hydrogen-bond acceptors (Lipinski definition) is 4. The van der Waals surface area contributed by atoms with E-state index in [0.29, 0.717) is 6.54 Å². The first kappa shape index (κ1) is 16.9. The molecule has 4 nitrogen and oxygen atoms in total. The van der Waals surface area contributed by atoms with Crippen LogP contribution in [0, 0.1) is 13.8 Å². The van der Waals surface area contributed by atoms with Crippen LogP contribution in [0.4, 0.5) is 5.82 Å². The third-order valence-electron chi connectivity index (χ3n) is 4.78. The number of nitrogens with zero attached hydrogens (tertiary/aromatic N) is 3. The van der Waals surface area contributed by atoms with Gasteiger partial charge in [-0.15, -0.1) is 0 Å². The smallest absolute Gasteiger partial charge is 0.128 e. The van der Waals surface area contributed by atoms with Crippen LogP contribution in [-0.2, 0) is 0 Å². The van der Waals surface area contributed by atoms with Gasteiger partial charge in [-0.05, 0) is 43.5 Å². The summed E-state index contributed by atoms with van der Waals surface area (Å²) in [5.74, 6) is 1.05. The third kappa shape index (κ3) is 4.13. The Morgan fingerprint density at radius 1 is 1.08 bits per heavy atom. The molecule has 128 valence electrons. The lowest BCUT2D eigenvalue weighted by Crippen LogP contribution is -2.33. The standard InChI is InChI=1S/C20H27N3O/c1-16-7-8-18(17(2)14-16)19(24)15-22-10-5-11-23(13-12-22)20-6-3-4-9-21-20/h3-4,6-9,14,19,24H,5,10-13,15H2,1-2H3/t19-/m0/s1. The number of aryl methyl sites for hydroxylation is 2. The number of benzene rings is 1. The summed E-state index contributed by atoms with van der Waals surface area (Å²) >= 11 is 0. The SMILES string of the molecule is Cc1ccc([C@@H](O)CN2CCCN(c3ccccn3)CC2)c(C)c1. The minimum Gasteiger partial charge on any atom is -0.387 e. The summed E-state index contributed by atoms with van der Waals surface area (Å²) in [5.41, 5.74) is 3.46. The van der Waals surface area contributed by atoms with Crippen LogP contribution >= 0.6 is 0 Å². The first-order valence-corrected chi connectivity index (χ1v) is 8.77. The summed E-state index contributed by atoms with van der Waals surface area (Å²) in [7, 11) is 0. The summed E-state index contributed by atoms with van der Waals surface area (Å²) in [6, 6.07) is 12.3. The molecule has 1 aromatic carbocycles. The molecule has 0 spiro atoms. The Balaban J connectivity index is 1.60. The molecule has 0 amide bonds. The van der Waals surface area contributed by atoms with E-state index in [2.05, 4.69) is 52.9 Å². The van der Waals surface area contributed by atoms with Crippen LogP contribution in [0.15, 0.2) is 42.6 Å². The highest BCUT2D eigenvalue weighted by molar-refractivity contribution is 5.37. The van der Waals surface area contributed by atoms with Crippen molar-refractivity contribution in [3.05, 3.63) is 59.3 Å². The zero-order chi connectivity index (χ0) is 16.9. The molecule has 3 rings (SSSR count). The summed E-state index contributed by atoms with van der Waals surface area (Å²) in [6.45, 7) is 8.81. The molecule has 0 saturated carbocycles. The van der Waals surface area contributed by atoms with E-state index in [4.69, 9.17) is 0 Å². The van der Waals surface area contributed by atoms with Gasteiger partial charge in [0.2, 0.25) is 0 Å². The number of hydrogen-bond donors (Lipinski definition) is 1. The monoisotopic (exact) mass is 325 g/mol. The van der Waals surface area contributed by atoms with Crippen LogP contribution < -0.4 is 4.90 Å². The molecule has 0 unspecified atom stereocenters. The van der Waals surface area contributed by atoms with Crippen LogP contribution in [0.1, 0.15) is 29.2 Å². The number of aliphatic hydroxyl groups excluding tert-OH is 1. The van der Waals surface area contributed by atoms with E-state index in [1.54, 1.807) is 0 Å². The number of aliphatic hydroxyl groups is 1. The number of rotatable bonds is 4. The normalized spacial score (nSPS) is 17.5. The number of pyridine rings is 1. The Hall–Kier alpha value is -1.91. The summed E-state index contributed by atoms with van der Waals surface area (Å²) in [5, 5.41) is 10.7. The largest absolute Gasteiger partial charge is 0.387 e. The van der Waals surface area contributed by atoms with E-state index in [-0.39, 0.29) is 0 Å². The molecule has 1 atom stereocenters. The van der Waals surface area contributed by atoms with E-state index in [0.717, 1.165) is 44.0 Å². The van der Waals surface area contributed by atoms with Crippen LogP contribution in [0.3, 0.4) is 0 Å². The molecule has 1 aliphatic heterocycles. The summed E-state index contributed by atoms with van der Waals surface area (Å²) < 4.78 is 0. The van der Waals surface area contributed by atoms with Gasteiger partial charge < -0.3 is 10.0 Å². The molecule has 2 heterocycles. The molecule has 1 saturated heterocycles. The van der Waals surface area contributed by atoms with Crippen molar-refractivity contribution in [2.75, 3.05) is 37.6 Å². The molecule has 0 bridgehead atoms. The fourth-order valence-electron chi connectivity index (χ4n) is 3.47. The fourth-order valence-corrected chi connectivity index (χ4v) is 3.47. The predicted molar refractivity (Wildman–Crippen MR) is 98.4 cm³/mol. The molecule has 24 heavy (non-hydrogen) atoms. The summed E-state index contributed by atoms with van der Waals surface area (Å²) in [4.78, 5) is 9.16. The molecule has 0 radical (unpaired) electrons. The molecule has 1 N–H and O–H groups in total. The van der Waals surface area contributed by atoms with Crippen molar-refractivity contribution in [1.82, 2.24) is 9.88 Å². The van der Waals surface area contributed by atoms with Crippen molar-refractivity contribution in [2.45, 2.75) is 26.4 Å². The maximum Gasteiger partial charge on any atom is 0.128 e. The average Bonchev–Trinajstić information content (AvgIpc) is 2.81. The summed E-state index contributed by atoms with van der Waals surface area (Å²) in [6.07, 6.45) is 2.52. The Morgan fingerprint density at radius 3 is 2.71 bits per heavy atom. The quantitative estimate of drug-likeness (QED) is 0.938. The second kappa shape index (κ2) is 7.77. The van der Waals surface area contributed by atoms with E-state index in [1.807, 2.05) is 18.3 Å². The molecule has 0 aliphatic carbocycles. The van der Waals surface area contributed by atoms with Gasteiger partial charge >= 0.3 is 0 Å². The van der Waals surface area contributed by atoms with Crippen molar-refractivity contribution in [1.29, 1.82) is 0 Å². The topological polar surface area (TPSA) is 39.6 Å². The molecule has 1 aliphatic rings. The van der Waals surface area contributed by atoms with Gasteiger partial charge in [-0.3, -0.25) is 4.90 Å². The zero-order valence-electron chi connectivity index (χ0n) is 14.7. The first-order valence-electron chi connectivity index (χ1n) is 8.77. The van der Waals surface area contributed by atoms with Crippen LogP contribution in [0.5, 0.6) is 0 Å². The first-order chi connectivity index (χ1) is 11.6. The van der Waals surface area contributed by atoms with Gasteiger partial charge in [0.1, 0.15) is 5.82 Å². The van der Waals surface area contributed by atoms with Crippen LogP contribution in [0.2, 0.25) is 0 Å². The predicted octanol–water partition coefficient (Wildman–Crippen LogP) is 2.94. The Morgan fingerprint density at radius 2 is 1.96 bits per heavy atom. The minimum atomic E-state index is -0.424. The van der Waals surface area contributed by atoms with E-state index in [9.17, 15) is 5.11 Å². The molecular formula is C20H27N3O. The second-order valence-electron chi connectivity index (χ2n) is 6.70. The van der Waals surface area contributed by atoms with E-state index < -0.39 is 6.10 Å². The highest BCUT2D eigenvalue weighted by Gasteiger charge is 2.19. The molecular weight excluding hydrogens is 298 g/mol. The highest BCUT2D eigenvalue weighted by atomic mass is 16.3. The van der Waals surface area contributed by atoms with Gasteiger partial charge in [0.05, 0.1) is 6.10 Å². The van der Waals surface area contributed by atoms with Crippen molar-refractivity contribution in [3.8, 4) is 0 Å². The number of β-amino-alcohol motifs (C(OH)–C–C–N with tert-alkyl or cyclic N) is 1. The van der Waals surface area contributed by atoms with Gasteiger partial charge in [0, 0.05) is 38.9 Å². The third-order valence-corrected chi connectivity index (χ3v) is 4.78. The van der Waals surface area contributed by atoms with Crippen LogP contribution in [0.25, 0.3) is 0 Å². The van der Waals surface area contributed by atoms with Gasteiger partial charge in [0.25, 0.3) is 0 Å². The lowest BCUT2D eigenvalue weighted by atomic mass is 10.0. The lowest BCUT2D eigenvalue weighted by molar-refractivity contribution is 0.116. The minimum absolute atomic E-state index is 0.424. The Bertz CT molecular complexity index is 659. The lowest BCUT2D eigenvalue weighted by Gasteiger charge is -2.25. The zero-order valence-corrected chi connectivity index (χ0v) is 14.7. The van der Waals surface area contributed by atoms with Gasteiger partial charge in [-0.2, -0.15) is 0 Å².